The summed E-state index contributed by atoms with van der Waals surface area (Å²) in [6.07, 6.45) is 7.75. The fourth-order valence-corrected chi connectivity index (χ4v) is 7.44. The molecular formula is C21H34O2. The standard InChI is InChI=1S/C21H34O2/c1-13(2)10-19(6)22-17-12-21-11-16(20(17,7)23-19)18(4,5)15(21)9-8-14(21)3/h10,14-17H,8-9,11-12H2,1-7H3/t14-,15+,16-,17+,19+,20-,21-/m1/s1. The molecular weight excluding hydrogens is 284 g/mol. The van der Waals surface area contributed by atoms with E-state index in [0.29, 0.717) is 16.7 Å². The maximum absolute atomic E-state index is 6.72. The zero-order chi connectivity index (χ0) is 16.8. The van der Waals surface area contributed by atoms with E-state index in [2.05, 4.69) is 54.5 Å². The summed E-state index contributed by atoms with van der Waals surface area (Å²) in [5.41, 5.74) is 1.98. The van der Waals surface area contributed by atoms with Crippen molar-refractivity contribution in [2.45, 2.75) is 91.6 Å². The summed E-state index contributed by atoms with van der Waals surface area (Å²) in [4.78, 5) is 0. The summed E-state index contributed by atoms with van der Waals surface area (Å²) >= 11 is 0. The van der Waals surface area contributed by atoms with Gasteiger partial charge in [-0.1, -0.05) is 26.3 Å². The highest BCUT2D eigenvalue weighted by Gasteiger charge is 2.74. The van der Waals surface area contributed by atoms with Gasteiger partial charge >= 0.3 is 0 Å². The molecule has 2 bridgehead atoms. The lowest BCUT2D eigenvalue weighted by Gasteiger charge is -2.47. The van der Waals surface area contributed by atoms with Gasteiger partial charge in [-0.15, -0.1) is 0 Å². The molecule has 1 saturated heterocycles. The van der Waals surface area contributed by atoms with Crippen molar-refractivity contribution >= 4 is 0 Å². The van der Waals surface area contributed by atoms with E-state index in [9.17, 15) is 0 Å². The Balaban J connectivity index is 1.77. The minimum atomic E-state index is -0.549. The molecule has 0 aromatic heterocycles. The third-order valence-corrected chi connectivity index (χ3v) is 8.19. The average molecular weight is 319 g/mol. The Morgan fingerprint density at radius 1 is 1.00 bits per heavy atom. The summed E-state index contributed by atoms with van der Waals surface area (Å²) in [7, 11) is 0. The summed E-state index contributed by atoms with van der Waals surface area (Å²) in [5.74, 6) is 1.74. The Hall–Kier alpha value is -0.340. The zero-order valence-corrected chi connectivity index (χ0v) is 16.0. The second-order valence-electron chi connectivity index (χ2n) is 10.2. The third-order valence-electron chi connectivity index (χ3n) is 8.19. The maximum atomic E-state index is 6.72. The van der Waals surface area contributed by atoms with Crippen LogP contribution in [0.25, 0.3) is 0 Å². The average Bonchev–Trinajstić information content (AvgIpc) is 2.90. The smallest absolute Gasteiger partial charge is 0.186 e. The van der Waals surface area contributed by atoms with Gasteiger partial charge in [0.25, 0.3) is 0 Å². The number of allylic oxidation sites excluding steroid dienone is 1. The number of ether oxygens (including phenoxy) is 2. The molecule has 1 aliphatic heterocycles. The molecule has 1 spiro atoms. The summed E-state index contributed by atoms with van der Waals surface area (Å²) in [6, 6.07) is 0. The normalized spacial score (nSPS) is 56.3. The van der Waals surface area contributed by atoms with Crippen LogP contribution in [0, 0.1) is 28.6 Å². The van der Waals surface area contributed by atoms with Crippen molar-refractivity contribution < 1.29 is 9.47 Å². The fraction of sp³-hybridized carbons (Fsp3) is 0.905. The minimum Gasteiger partial charge on any atom is -0.340 e. The van der Waals surface area contributed by atoms with Crippen LogP contribution in [0.3, 0.4) is 0 Å². The highest BCUT2D eigenvalue weighted by atomic mass is 16.8. The van der Waals surface area contributed by atoms with Crippen molar-refractivity contribution in [3.05, 3.63) is 11.6 Å². The van der Waals surface area contributed by atoms with E-state index in [1.807, 2.05) is 0 Å². The Kier molecular flexibility index (Phi) is 3.11. The van der Waals surface area contributed by atoms with E-state index in [0.717, 1.165) is 11.8 Å². The van der Waals surface area contributed by atoms with Gasteiger partial charge in [0, 0.05) is 0 Å². The van der Waals surface area contributed by atoms with Gasteiger partial charge in [0.15, 0.2) is 5.79 Å². The van der Waals surface area contributed by atoms with Crippen molar-refractivity contribution in [3.63, 3.8) is 0 Å². The van der Waals surface area contributed by atoms with Crippen LogP contribution in [0.2, 0.25) is 0 Å². The van der Waals surface area contributed by atoms with Crippen LogP contribution in [0.1, 0.15) is 74.1 Å². The molecule has 0 amide bonds. The van der Waals surface area contributed by atoms with E-state index >= 15 is 0 Å². The predicted octanol–water partition coefficient (Wildman–Crippen LogP) is 5.33. The molecule has 0 aromatic carbocycles. The number of rotatable bonds is 1. The van der Waals surface area contributed by atoms with Gasteiger partial charge in [-0.05, 0) is 88.0 Å². The van der Waals surface area contributed by atoms with Crippen molar-refractivity contribution in [2.75, 3.05) is 0 Å². The van der Waals surface area contributed by atoms with Crippen molar-refractivity contribution in [3.8, 4) is 0 Å². The summed E-state index contributed by atoms with van der Waals surface area (Å²) < 4.78 is 13.3. The van der Waals surface area contributed by atoms with Gasteiger partial charge in [-0.25, -0.2) is 0 Å². The van der Waals surface area contributed by atoms with Gasteiger partial charge in [-0.2, -0.15) is 0 Å². The van der Waals surface area contributed by atoms with Gasteiger partial charge in [0.1, 0.15) is 0 Å². The Morgan fingerprint density at radius 2 is 1.70 bits per heavy atom. The lowest BCUT2D eigenvalue weighted by atomic mass is 9.63. The van der Waals surface area contributed by atoms with Crippen molar-refractivity contribution in [1.82, 2.24) is 0 Å². The highest BCUT2D eigenvalue weighted by molar-refractivity contribution is 5.23. The fourth-order valence-electron chi connectivity index (χ4n) is 7.44. The van der Waals surface area contributed by atoms with Gasteiger partial charge in [-0.3, -0.25) is 0 Å². The predicted molar refractivity (Wildman–Crippen MR) is 93.0 cm³/mol. The first-order valence-corrected chi connectivity index (χ1v) is 9.57. The molecule has 2 nitrogen and oxygen atoms in total. The van der Waals surface area contributed by atoms with Gasteiger partial charge in [0.2, 0.25) is 0 Å². The van der Waals surface area contributed by atoms with Crippen LogP contribution in [-0.2, 0) is 9.47 Å². The van der Waals surface area contributed by atoms with Gasteiger partial charge < -0.3 is 9.47 Å². The second-order valence-corrected chi connectivity index (χ2v) is 10.2. The van der Waals surface area contributed by atoms with Crippen LogP contribution < -0.4 is 0 Å². The molecule has 4 aliphatic rings. The molecule has 2 heteroatoms. The van der Waals surface area contributed by atoms with E-state index in [-0.39, 0.29) is 11.7 Å². The Morgan fingerprint density at radius 3 is 2.35 bits per heavy atom. The topological polar surface area (TPSA) is 18.5 Å². The Bertz CT molecular complexity index is 560. The lowest BCUT2D eigenvalue weighted by molar-refractivity contribution is -0.158. The Labute approximate surface area is 142 Å². The first-order chi connectivity index (χ1) is 10.5. The summed E-state index contributed by atoms with van der Waals surface area (Å²) in [5, 5.41) is 0. The number of hydrogen-bond acceptors (Lipinski definition) is 2. The quantitative estimate of drug-likeness (QED) is 0.609. The SMILES string of the molecule is CC(C)=C[C@@]1(C)O[C@H]2C[C@@]34C[C@H](C(C)(C)[C@@H]3CC[C@H]4C)[C@@]2(C)O1. The van der Waals surface area contributed by atoms with Crippen molar-refractivity contribution in [2.24, 2.45) is 28.6 Å². The monoisotopic (exact) mass is 318 g/mol. The molecule has 0 radical (unpaired) electrons. The first-order valence-electron chi connectivity index (χ1n) is 9.57. The lowest BCUT2D eigenvalue weighted by Crippen LogP contribution is -2.52. The van der Waals surface area contributed by atoms with Gasteiger partial charge in [0.05, 0.1) is 11.7 Å². The molecule has 1 heterocycles. The highest BCUT2D eigenvalue weighted by Crippen LogP contribution is 2.75. The number of fused-ring (bicyclic) bond motifs is 3. The molecule has 3 aliphatic carbocycles. The number of hydrogen-bond donors (Lipinski definition) is 0. The largest absolute Gasteiger partial charge is 0.340 e. The van der Waals surface area contributed by atoms with Crippen molar-refractivity contribution in [1.29, 1.82) is 0 Å². The molecule has 0 aromatic rings. The van der Waals surface area contributed by atoms with E-state index in [1.54, 1.807) is 0 Å². The third kappa shape index (κ3) is 1.88. The van der Waals surface area contributed by atoms with Crippen LogP contribution >= 0.6 is 0 Å². The molecule has 7 atom stereocenters. The van der Waals surface area contributed by atoms with Crippen LogP contribution in [0.15, 0.2) is 11.6 Å². The minimum absolute atomic E-state index is 0.139. The van der Waals surface area contributed by atoms with Crippen LogP contribution in [-0.4, -0.2) is 17.5 Å². The molecule has 0 unspecified atom stereocenters. The van der Waals surface area contributed by atoms with E-state index < -0.39 is 5.79 Å². The molecule has 4 rings (SSSR count). The van der Waals surface area contributed by atoms with E-state index in [1.165, 1.54) is 31.3 Å². The molecule has 23 heavy (non-hydrogen) atoms. The summed E-state index contributed by atoms with van der Waals surface area (Å²) in [6.45, 7) is 16.2. The van der Waals surface area contributed by atoms with E-state index in [4.69, 9.17) is 9.47 Å². The maximum Gasteiger partial charge on any atom is 0.186 e. The molecule has 130 valence electrons. The second kappa shape index (κ2) is 4.43. The van der Waals surface area contributed by atoms with Crippen LogP contribution in [0.5, 0.6) is 0 Å². The zero-order valence-electron chi connectivity index (χ0n) is 16.0. The molecule has 0 N–H and O–H groups in total. The first kappa shape index (κ1) is 16.1. The van der Waals surface area contributed by atoms with Crippen LogP contribution in [0.4, 0.5) is 0 Å². The molecule has 3 saturated carbocycles. The molecule has 4 fully saturated rings.